The van der Waals surface area contributed by atoms with Crippen LogP contribution in [0.25, 0.3) is 5.69 Å². The van der Waals surface area contributed by atoms with Gasteiger partial charge in [-0.15, -0.1) is 10.2 Å². The van der Waals surface area contributed by atoms with Gasteiger partial charge in [0.1, 0.15) is 5.82 Å². The minimum absolute atomic E-state index is 0.0498. The lowest BCUT2D eigenvalue weighted by Crippen LogP contribution is -2.25. The molecule has 0 radical (unpaired) electrons. The van der Waals surface area contributed by atoms with E-state index in [4.69, 9.17) is 23.2 Å². The standard InChI is InChI=1S/C25H19Cl2FN6O4S/c1-14-6-7-15(10-21(14)34(37)38)24(36)29-12-22-31-32-25(33(22)16-8-9-17(26)18(27)11-16)39-13-23(35)30-20-5-3-2-4-19(20)28/h2-11H,12-13H2,1H3,(H,29,36)(H,30,35). The van der Waals surface area contributed by atoms with Crippen molar-refractivity contribution in [2.75, 3.05) is 11.1 Å². The first-order valence-corrected chi connectivity index (χ1v) is 13.0. The summed E-state index contributed by atoms with van der Waals surface area (Å²) in [6.07, 6.45) is 0. The number of nitro groups is 1. The second kappa shape index (κ2) is 12.2. The molecule has 0 aliphatic heterocycles. The summed E-state index contributed by atoms with van der Waals surface area (Å²) < 4.78 is 15.5. The Hall–Kier alpha value is -4.00. The highest BCUT2D eigenvalue weighted by molar-refractivity contribution is 7.99. The van der Waals surface area contributed by atoms with Crippen LogP contribution in [-0.4, -0.2) is 37.3 Å². The van der Waals surface area contributed by atoms with E-state index >= 15 is 0 Å². The van der Waals surface area contributed by atoms with Crippen molar-refractivity contribution >= 4 is 58.2 Å². The molecule has 0 atom stereocenters. The van der Waals surface area contributed by atoms with Gasteiger partial charge in [0.2, 0.25) is 5.91 Å². The number of nitrogens with zero attached hydrogens (tertiary/aromatic N) is 4. The minimum atomic E-state index is -0.563. The molecule has 0 unspecified atom stereocenters. The normalized spacial score (nSPS) is 10.8. The van der Waals surface area contributed by atoms with Crippen LogP contribution in [-0.2, 0) is 11.3 Å². The molecule has 200 valence electrons. The molecular weight excluding hydrogens is 570 g/mol. The molecular formula is C25H19Cl2FN6O4S. The van der Waals surface area contributed by atoms with Gasteiger partial charge in [-0.2, -0.15) is 0 Å². The fourth-order valence-electron chi connectivity index (χ4n) is 3.48. The molecule has 0 saturated heterocycles. The van der Waals surface area contributed by atoms with Crippen molar-refractivity contribution in [1.82, 2.24) is 20.1 Å². The number of aryl methyl sites for hydroxylation is 1. The van der Waals surface area contributed by atoms with Crippen LogP contribution < -0.4 is 10.6 Å². The van der Waals surface area contributed by atoms with E-state index in [2.05, 4.69) is 20.8 Å². The maximum Gasteiger partial charge on any atom is 0.273 e. The maximum absolute atomic E-state index is 13.9. The molecule has 3 aromatic carbocycles. The summed E-state index contributed by atoms with van der Waals surface area (Å²) in [6.45, 7) is 1.48. The van der Waals surface area contributed by atoms with Gasteiger partial charge < -0.3 is 10.6 Å². The third-order valence-electron chi connectivity index (χ3n) is 5.42. The van der Waals surface area contributed by atoms with Gasteiger partial charge in [0.15, 0.2) is 11.0 Å². The lowest BCUT2D eigenvalue weighted by Gasteiger charge is -2.12. The molecule has 2 N–H and O–H groups in total. The Balaban J connectivity index is 1.55. The first-order chi connectivity index (χ1) is 18.6. The van der Waals surface area contributed by atoms with Crippen LogP contribution >= 0.6 is 35.0 Å². The Morgan fingerprint density at radius 3 is 2.56 bits per heavy atom. The highest BCUT2D eigenvalue weighted by atomic mass is 35.5. The van der Waals surface area contributed by atoms with Crippen molar-refractivity contribution in [3.63, 3.8) is 0 Å². The maximum atomic E-state index is 13.9. The van der Waals surface area contributed by atoms with Gasteiger partial charge >= 0.3 is 0 Å². The third-order valence-corrected chi connectivity index (χ3v) is 7.09. The Bertz CT molecular complexity index is 1580. The largest absolute Gasteiger partial charge is 0.345 e. The zero-order valence-electron chi connectivity index (χ0n) is 20.2. The highest BCUT2D eigenvalue weighted by Gasteiger charge is 2.19. The quantitative estimate of drug-likeness (QED) is 0.148. The zero-order valence-corrected chi connectivity index (χ0v) is 22.5. The summed E-state index contributed by atoms with van der Waals surface area (Å²) in [5.41, 5.74) is 0.924. The number of carbonyl (C=O) groups is 2. The van der Waals surface area contributed by atoms with Crippen molar-refractivity contribution in [1.29, 1.82) is 0 Å². The molecule has 39 heavy (non-hydrogen) atoms. The van der Waals surface area contributed by atoms with Gasteiger partial charge in [0.25, 0.3) is 11.6 Å². The van der Waals surface area contributed by atoms with Gasteiger partial charge in [-0.3, -0.25) is 24.3 Å². The van der Waals surface area contributed by atoms with E-state index < -0.39 is 22.6 Å². The third kappa shape index (κ3) is 6.72. The summed E-state index contributed by atoms with van der Waals surface area (Å²) in [4.78, 5) is 35.9. The number of halogens is 3. The van der Waals surface area contributed by atoms with Crippen LogP contribution in [0.1, 0.15) is 21.7 Å². The molecule has 0 spiro atoms. The molecule has 4 rings (SSSR count). The van der Waals surface area contributed by atoms with E-state index in [1.807, 2.05) is 0 Å². The number of hydrogen-bond donors (Lipinski definition) is 2. The fourth-order valence-corrected chi connectivity index (χ4v) is 4.54. The minimum Gasteiger partial charge on any atom is -0.345 e. The molecule has 10 nitrogen and oxygen atoms in total. The number of rotatable bonds is 9. The van der Waals surface area contributed by atoms with Crippen LogP contribution in [0.15, 0.2) is 65.8 Å². The van der Waals surface area contributed by atoms with Gasteiger partial charge in [-0.05, 0) is 43.3 Å². The van der Waals surface area contributed by atoms with E-state index in [9.17, 15) is 24.1 Å². The molecule has 0 aliphatic carbocycles. The van der Waals surface area contributed by atoms with Gasteiger partial charge in [0.05, 0.1) is 38.6 Å². The second-order valence-electron chi connectivity index (χ2n) is 8.09. The van der Waals surface area contributed by atoms with E-state index in [-0.39, 0.29) is 34.3 Å². The average molecular weight is 589 g/mol. The van der Waals surface area contributed by atoms with Crippen LogP contribution in [0.2, 0.25) is 10.0 Å². The van der Waals surface area contributed by atoms with Crippen molar-refractivity contribution in [2.24, 2.45) is 0 Å². The Labute approximate surface area is 235 Å². The number of nitro benzene ring substituents is 1. The average Bonchev–Trinajstić information content (AvgIpc) is 3.32. The highest BCUT2D eigenvalue weighted by Crippen LogP contribution is 2.28. The lowest BCUT2D eigenvalue weighted by atomic mass is 10.1. The predicted molar refractivity (Wildman–Crippen MR) is 146 cm³/mol. The Morgan fingerprint density at radius 1 is 1.08 bits per heavy atom. The summed E-state index contributed by atoms with van der Waals surface area (Å²) in [5, 5.41) is 25.6. The predicted octanol–water partition coefficient (Wildman–Crippen LogP) is 5.59. The number of thioether (sulfide) groups is 1. The number of benzene rings is 3. The molecule has 1 aromatic heterocycles. The van der Waals surface area contributed by atoms with E-state index in [0.717, 1.165) is 11.8 Å². The van der Waals surface area contributed by atoms with Crippen molar-refractivity contribution in [3.8, 4) is 5.69 Å². The van der Waals surface area contributed by atoms with E-state index in [1.54, 1.807) is 35.8 Å². The lowest BCUT2D eigenvalue weighted by molar-refractivity contribution is -0.385. The fraction of sp³-hybridized carbons (Fsp3) is 0.120. The summed E-state index contributed by atoms with van der Waals surface area (Å²) in [7, 11) is 0. The van der Waals surface area contributed by atoms with Gasteiger partial charge in [-0.25, -0.2) is 4.39 Å². The number of amides is 2. The number of para-hydroxylation sites is 1. The molecule has 0 bridgehead atoms. The van der Waals surface area contributed by atoms with Crippen LogP contribution in [0, 0.1) is 22.9 Å². The molecule has 14 heteroatoms. The van der Waals surface area contributed by atoms with Gasteiger partial charge in [0, 0.05) is 17.2 Å². The monoisotopic (exact) mass is 588 g/mol. The van der Waals surface area contributed by atoms with Gasteiger partial charge in [-0.1, -0.05) is 53.2 Å². The number of anilines is 1. The van der Waals surface area contributed by atoms with Crippen LogP contribution in [0.5, 0.6) is 0 Å². The Morgan fingerprint density at radius 2 is 1.85 bits per heavy atom. The van der Waals surface area contributed by atoms with Crippen LogP contribution in [0.4, 0.5) is 15.8 Å². The topological polar surface area (TPSA) is 132 Å². The number of hydrogen-bond acceptors (Lipinski definition) is 7. The summed E-state index contributed by atoms with van der Waals surface area (Å²) >= 11 is 13.3. The van der Waals surface area contributed by atoms with E-state index in [0.29, 0.717) is 27.3 Å². The van der Waals surface area contributed by atoms with Crippen molar-refractivity contribution in [2.45, 2.75) is 18.6 Å². The number of aromatic nitrogens is 3. The van der Waals surface area contributed by atoms with Crippen molar-refractivity contribution in [3.05, 3.63) is 104 Å². The first-order valence-electron chi connectivity index (χ1n) is 11.2. The molecule has 1 heterocycles. The van der Waals surface area contributed by atoms with Crippen molar-refractivity contribution < 1.29 is 18.9 Å². The second-order valence-corrected chi connectivity index (χ2v) is 9.85. The first kappa shape index (κ1) is 28.0. The molecule has 0 fully saturated rings. The van der Waals surface area contributed by atoms with E-state index in [1.165, 1.54) is 36.4 Å². The SMILES string of the molecule is Cc1ccc(C(=O)NCc2nnc(SCC(=O)Nc3ccccc3F)n2-c2ccc(Cl)c(Cl)c2)cc1[N+](=O)[O-]. The summed E-state index contributed by atoms with van der Waals surface area (Å²) in [6, 6.07) is 14.8. The Kier molecular flexibility index (Phi) is 8.79. The molecule has 0 aliphatic rings. The smallest absolute Gasteiger partial charge is 0.273 e. The molecule has 4 aromatic rings. The van der Waals surface area contributed by atoms with Crippen LogP contribution in [0.3, 0.4) is 0 Å². The summed E-state index contributed by atoms with van der Waals surface area (Å²) in [5.74, 6) is -1.41. The molecule has 2 amide bonds. The molecule has 0 saturated carbocycles. The number of nitrogens with one attached hydrogen (secondary N) is 2. The number of carbonyl (C=O) groups excluding carboxylic acids is 2. The zero-order chi connectivity index (χ0) is 28.1.